The zero-order chi connectivity index (χ0) is 25.5. The molecule has 0 spiro atoms. The van der Waals surface area contributed by atoms with E-state index in [4.69, 9.17) is 4.98 Å². The van der Waals surface area contributed by atoms with E-state index in [9.17, 15) is 4.39 Å². The van der Waals surface area contributed by atoms with Gasteiger partial charge in [0.2, 0.25) is 0 Å². The highest BCUT2D eigenvalue weighted by Gasteiger charge is 2.13. The molecule has 0 bridgehead atoms. The van der Waals surface area contributed by atoms with Crippen molar-refractivity contribution in [2.24, 2.45) is 0 Å². The van der Waals surface area contributed by atoms with Crippen LogP contribution in [0.15, 0.2) is 133 Å². The molecule has 1 heterocycles. The van der Waals surface area contributed by atoms with E-state index in [1.807, 2.05) is 18.2 Å². The summed E-state index contributed by atoms with van der Waals surface area (Å²) in [6.07, 6.45) is 0. The predicted molar refractivity (Wildman–Crippen MR) is 159 cm³/mol. The van der Waals surface area contributed by atoms with Crippen molar-refractivity contribution < 1.29 is 4.39 Å². The molecule has 0 radical (unpaired) electrons. The average Bonchev–Trinajstić information content (AvgIpc) is 3.41. The molecule has 38 heavy (non-hydrogen) atoms. The van der Waals surface area contributed by atoms with Crippen molar-refractivity contribution in [3.63, 3.8) is 0 Å². The normalized spacial score (nSPS) is 11.3. The van der Waals surface area contributed by atoms with Gasteiger partial charge >= 0.3 is 0 Å². The van der Waals surface area contributed by atoms with Gasteiger partial charge in [-0.25, -0.2) is 9.37 Å². The van der Waals surface area contributed by atoms with Gasteiger partial charge in [0.05, 0.1) is 10.2 Å². The van der Waals surface area contributed by atoms with Crippen LogP contribution in [-0.4, -0.2) is 4.98 Å². The Balaban J connectivity index is 1.22. The zero-order valence-electron chi connectivity index (χ0n) is 20.4. The van der Waals surface area contributed by atoms with E-state index >= 15 is 0 Å². The Hall–Kier alpha value is -4.60. The summed E-state index contributed by atoms with van der Waals surface area (Å²) < 4.78 is 14.5. The second-order valence-electron chi connectivity index (χ2n) is 9.35. The second kappa shape index (κ2) is 9.37. The summed E-state index contributed by atoms with van der Waals surface area (Å²) in [5, 5.41) is 3.48. The largest absolute Gasteiger partial charge is 0.236 e. The van der Waals surface area contributed by atoms with E-state index < -0.39 is 0 Å². The number of nitrogens with zero attached hydrogens (tertiary/aromatic N) is 1. The maximum atomic E-state index is 13.3. The zero-order valence-corrected chi connectivity index (χ0v) is 21.3. The van der Waals surface area contributed by atoms with Gasteiger partial charge in [0, 0.05) is 5.56 Å². The van der Waals surface area contributed by atoms with Gasteiger partial charge in [-0.1, -0.05) is 109 Å². The Labute approximate surface area is 224 Å². The maximum Gasteiger partial charge on any atom is 0.125 e. The van der Waals surface area contributed by atoms with Crippen LogP contribution in [0.4, 0.5) is 4.39 Å². The van der Waals surface area contributed by atoms with Gasteiger partial charge in [-0.15, -0.1) is 11.3 Å². The number of para-hydroxylation sites is 1. The Morgan fingerprint density at radius 3 is 1.53 bits per heavy atom. The van der Waals surface area contributed by atoms with Gasteiger partial charge < -0.3 is 0 Å². The van der Waals surface area contributed by atoms with Crippen LogP contribution in [0.2, 0.25) is 0 Å². The van der Waals surface area contributed by atoms with Gasteiger partial charge in [0.25, 0.3) is 0 Å². The molecule has 0 aliphatic heterocycles. The summed E-state index contributed by atoms with van der Waals surface area (Å²) in [6, 6.07) is 45.1. The van der Waals surface area contributed by atoms with E-state index in [2.05, 4.69) is 103 Å². The molecule has 6 aromatic carbocycles. The van der Waals surface area contributed by atoms with Crippen molar-refractivity contribution in [3.05, 3.63) is 139 Å². The van der Waals surface area contributed by atoms with Crippen LogP contribution in [0.1, 0.15) is 0 Å². The van der Waals surface area contributed by atoms with Crippen molar-refractivity contribution in [1.29, 1.82) is 0 Å². The van der Waals surface area contributed by atoms with Crippen LogP contribution in [0, 0.1) is 5.82 Å². The van der Waals surface area contributed by atoms with Crippen molar-refractivity contribution in [3.8, 4) is 44.0 Å². The van der Waals surface area contributed by atoms with Gasteiger partial charge in [-0.2, -0.15) is 0 Å². The third kappa shape index (κ3) is 4.07. The Morgan fingerprint density at radius 2 is 0.921 bits per heavy atom. The molecule has 0 saturated heterocycles. The molecule has 7 rings (SSSR count). The lowest BCUT2D eigenvalue weighted by atomic mass is 9.93. The highest BCUT2D eigenvalue weighted by molar-refractivity contribution is 7.21. The van der Waals surface area contributed by atoms with Crippen LogP contribution in [0.5, 0.6) is 0 Å². The lowest BCUT2D eigenvalue weighted by Gasteiger charge is -2.11. The van der Waals surface area contributed by atoms with Gasteiger partial charge in [-0.05, 0) is 68.4 Å². The minimum atomic E-state index is -0.218. The quantitative estimate of drug-likeness (QED) is 0.231. The van der Waals surface area contributed by atoms with Crippen molar-refractivity contribution >= 4 is 32.3 Å². The summed E-state index contributed by atoms with van der Waals surface area (Å²) in [6.45, 7) is 0. The second-order valence-corrected chi connectivity index (χ2v) is 10.4. The van der Waals surface area contributed by atoms with E-state index in [-0.39, 0.29) is 5.82 Å². The molecule has 0 fully saturated rings. The number of halogens is 1. The summed E-state index contributed by atoms with van der Waals surface area (Å²) in [5.41, 5.74) is 9.01. The van der Waals surface area contributed by atoms with Crippen LogP contribution < -0.4 is 0 Å². The van der Waals surface area contributed by atoms with Crippen molar-refractivity contribution in [1.82, 2.24) is 4.98 Å². The van der Waals surface area contributed by atoms with Gasteiger partial charge in [0.15, 0.2) is 0 Å². The molecule has 7 aromatic rings. The van der Waals surface area contributed by atoms with Crippen LogP contribution in [0.3, 0.4) is 0 Å². The highest BCUT2D eigenvalue weighted by atomic mass is 32.1. The predicted octanol–water partition coefficient (Wildman–Crippen LogP) is 10.3. The van der Waals surface area contributed by atoms with Gasteiger partial charge in [-0.3, -0.25) is 0 Å². The first-order chi connectivity index (χ1) is 18.7. The molecule has 180 valence electrons. The first kappa shape index (κ1) is 22.6. The number of fused-ring (bicyclic) bond motifs is 2. The Morgan fingerprint density at radius 1 is 0.447 bits per heavy atom. The SMILES string of the molecule is Fc1ccc(-c2ccc(-c3ccc(-c4ccc(-c5nc6ccccc6s5)c5ccccc45)cc3)cc2)cc1. The summed E-state index contributed by atoms with van der Waals surface area (Å²) in [5.74, 6) is -0.218. The fourth-order valence-corrected chi connectivity index (χ4v) is 6.07. The molecular weight excluding hydrogens is 485 g/mol. The van der Waals surface area contributed by atoms with Crippen LogP contribution >= 0.6 is 11.3 Å². The third-order valence-corrected chi connectivity index (χ3v) is 8.11. The molecule has 1 nitrogen and oxygen atoms in total. The number of rotatable bonds is 4. The molecule has 0 unspecified atom stereocenters. The molecule has 0 saturated carbocycles. The van der Waals surface area contributed by atoms with Crippen molar-refractivity contribution in [2.45, 2.75) is 0 Å². The lowest BCUT2D eigenvalue weighted by Crippen LogP contribution is -1.86. The average molecular weight is 508 g/mol. The van der Waals surface area contributed by atoms with Crippen LogP contribution in [-0.2, 0) is 0 Å². The number of aromatic nitrogens is 1. The number of hydrogen-bond donors (Lipinski definition) is 0. The minimum Gasteiger partial charge on any atom is -0.236 e. The molecular formula is C35H22FNS. The molecule has 0 atom stereocenters. The molecule has 3 heteroatoms. The molecule has 0 aliphatic rings. The third-order valence-electron chi connectivity index (χ3n) is 7.04. The number of thiazole rings is 1. The maximum absolute atomic E-state index is 13.3. The summed E-state index contributed by atoms with van der Waals surface area (Å²) >= 11 is 1.74. The number of hydrogen-bond acceptors (Lipinski definition) is 2. The van der Waals surface area contributed by atoms with Crippen LogP contribution in [0.25, 0.3) is 64.9 Å². The fraction of sp³-hybridized carbons (Fsp3) is 0. The topological polar surface area (TPSA) is 12.9 Å². The lowest BCUT2D eigenvalue weighted by molar-refractivity contribution is 0.628. The number of benzene rings is 6. The first-order valence-electron chi connectivity index (χ1n) is 12.6. The molecule has 0 amide bonds. The molecule has 0 N–H and O–H groups in total. The first-order valence-corrected chi connectivity index (χ1v) is 13.4. The highest BCUT2D eigenvalue weighted by Crippen LogP contribution is 2.39. The fourth-order valence-electron chi connectivity index (χ4n) is 5.06. The monoisotopic (exact) mass is 507 g/mol. The molecule has 0 aliphatic carbocycles. The minimum absolute atomic E-state index is 0.218. The Kier molecular flexibility index (Phi) is 5.57. The summed E-state index contributed by atoms with van der Waals surface area (Å²) in [4.78, 5) is 4.91. The van der Waals surface area contributed by atoms with Gasteiger partial charge in [0.1, 0.15) is 10.8 Å². The van der Waals surface area contributed by atoms with E-state index in [0.717, 1.165) is 32.8 Å². The van der Waals surface area contributed by atoms with E-state index in [1.54, 1.807) is 11.3 Å². The smallest absolute Gasteiger partial charge is 0.125 e. The van der Waals surface area contributed by atoms with Crippen molar-refractivity contribution in [2.75, 3.05) is 0 Å². The summed E-state index contributed by atoms with van der Waals surface area (Å²) in [7, 11) is 0. The standard InChI is InChI=1S/C35H22FNS/c36-28-19-17-26(18-20-28)24-11-9-23(10-12-24)25-13-15-27(16-14-25)29-21-22-32(31-6-2-1-5-30(29)31)35-37-33-7-3-4-8-34(33)38-35/h1-22H. The molecule has 1 aromatic heterocycles. The Bertz CT molecular complexity index is 1870. The van der Waals surface area contributed by atoms with E-state index in [1.165, 1.54) is 44.3 Å². The van der Waals surface area contributed by atoms with E-state index in [0.29, 0.717) is 0 Å².